The summed E-state index contributed by atoms with van der Waals surface area (Å²) in [5.41, 5.74) is -3.28. The number of para-hydroxylation sites is 1. The van der Waals surface area contributed by atoms with Crippen LogP contribution in [-0.2, 0) is 11.0 Å². The number of urea groups is 1. The molecule has 0 radical (unpaired) electrons. The summed E-state index contributed by atoms with van der Waals surface area (Å²) in [6.07, 6.45) is 2.10. The highest BCUT2D eigenvalue weighted by atomic mass is 32.2. The van der Waals surface area contributed by atoms with Gasteiger partial charge < -0.3 is 10.6 Å². The number of benzene rings is 3. The van der Waals surface area contributed by atoms with Crippen LogP contribution in [0.2, 0.25) is 0 Å². The summed E-state index contributed by atoms with van der Waals surface area (Å²) in [7, 11) is 0. The van der Waals surface area contributed by atoms with Gasteiger partial charge in [-0.2, -0.15) is 13.2 Å². The van der Waals surface area contributed by atoms with Crippen molar-refractivity contribution >= 4 is 52.5 Å². The van der Waals surface area contributed by atoms with E-state index in [2.05, 4.69) is 5.32 Å². The van der Waals surface area contributed by atoms with Gasteiger partial charge in [-0.3, -0.25) is 9.69 Å². The molecular formula is C30H22F7N3O2S2. The lowest BCUT2D eigenvalue weighted by Crippen LogP contribution is -2.49. The predicted octanol–water partition coefficient (Wildman–Crippen LogP) is 8.78. The van der Waals surface area contributed by atoms with Gasteiger partial charge in [0, 0.05) is 15.5 Å². The minimum absolute atomic E-state index is 0.00709. The maximum atomic E-state index is 14.4. The highest BCUT2D eigenvalue weighted by molar-refractivity contribution is 8.00. The van der Waals surface area contributed by atoms with E-state index in [1.54, 1.807) is 53.2 Å². The number of hydrogen-bond acceptors (Lipinski definition) is 4. The molecule has 1 heterocycles. The van der Waals surface area contributed by atoms with Gasteiger partial charge in [-0.05, 0) is 36.8 Å². The van der Waals surface area contributed by atoms with Crippen molar-refractivity contribution < 1.29 is 40.3 Å². The summed E-state index contributed by atoms with van der Waals surface area (Å²) >= 11 is 2.56. The SMILES string of the molecule is CCC(Sc1cccc(NC(=O)N2c3ccccc3SC3C=CC=CC32)c1)C(=O)Nc1c(F)c(F)c(C(F)(F)F)c(F)c1F. The Labute approximate surface area is 255 Å². The molecule has 3 unspecified atom stereocenters. The van der Waals surface area contributed by atoms with Gasteiger partial charge in [0.2, 0.25) is 5.91 Å². The molecule has 3 amide bonds. The minimum Gasteiger partial charge on any atom is -0.320 e. The van der Waals surface area contributed by atoms with Gasteiger partial charge in [0.1, 0.15) is 11.3 Å². The molecule has 0 spiro atoms. The number of amides is 3. The molecule has 14 heteroatoms. The van der Waals surface area contributed by atoms with Crippen LogP contribution in [0.15, 0.2) is 82.6 Å². The van der Waals surface area contributed by atoms with Crippen LogP contribution in [0.4, 0.5) is 52.6 Å². The van der Waals surface area contributed by atoms with Gasteiger partial charge >= 0.3 is 12.2 Å². The molecule has 0 saturated carbocycles. The van der Waals surface area contributed by atoms with Gasteiger partial charge in [0.05, 0.1) is 22.2 Å². The number of carbonyl (C=O) groups excluding carboxylic acids is 2. The molecule has 5 rings (SSSR count). The number of anilines is 3. The van der Waals surface area contributed by atoms with Crippen molar-refractivity contribution in [3.8, 4) is 0 Å². The van der Waals surface area contributed by atoms with E-state index in [0.717, 1.165) is 22.3 Å². The molecular weight excluding hydrogens is 631 g/mol. The Morgan fingerprint density at radius 3 is 2.30 bits per heavy atom. The zero-order valence-electron chi connectivity index (χ0n) is 22.6. The van der Waals surface area contributed by atoms with Crippen molar-refractivity contribution in [2.45, 2.75) is 45.9 Å². The largest absolute Gasteiger partial charge is 0.422 e. The molecule has 0 fully saturated rings. The Bertz CT molecular complexity index is 1650. The third kappa shape index (κ3) is 6.18. The first kappa shape index (κ1) is 31.5. The number of allylic oxidation sites excluding steroid dienone is 2. The zero-order valence-corrected chi connectivity index (χ0v) is 24.2. The molecule has 230 valence electrons. The van der Waals surface area contributed by atoms with Gasteiger partial charge in [-0.1, -0.05) is 49.4 Å². The number of nitrogens with zero attached hydrogens (tertiary/aromatic N) is 1. The number of rotatable bonds is 6. The van der Waals surface area contributed by atoms with Gasteiger partial charge in [-0.25, -0.2) is 22.4 Å². The Morgan fingerprint density at radius 2 is 1.61 bits per heavy atom. The number of nitrogens with one attached hydrogen (secondary N) is 2. The lowest BCUT2D eigenvalue weighted by atomic mass is 10.1. The van der Waals surface area contributed by atoms with Gasteiger partial charge in [0.15, 0.2) is 23.3 Å². The molecule has 1 aliphatic carbocycles. The number of thioether (sulfide) groups is 2. The lowest BCUT2D eigenvalue weighted by molar-refractivity contribution is -0.143. The van der Waals surface area contributed by atoms with E-state index < -0.39 is 57.9 Å². The fraction of sp³-hybridized carbons (Fsp3) is 0.200. The molecule has 1 aliphatic heterocycles. The van der Waals surface area contributed by atoms with Crippen molar-refractivity contribution in [1.29, 1.82) is 0 Å². The monoisotopic (exact) mass is 653 g/mol. The molecule has 2 aliphatic rings. The molecule has 3 atom stereocenters. The number of fused-ring (bicyclic) bond motifs is 2. The van der Waals surface area contributed by atoms with Crippen LogP contribution >= 0.6 is 23.5 Å². The second-order valence-corrected chi connectivity index (χ2v) is 12.1. The average molecular weight is 654 g/mol. The summed E-state index contributed by atoms with van der Waals surface area (Å²) in [5, 5.41) is 3.47. The molecule has 5 nitrogen and oxygen atoms in total. The predicted molar refractivity (Wildman–Crippen MR) is 156 cm³/mol. The summed E-state index contributed by atoms with van der Waals surface area (Å²) < 4.78 is 95.5. The normalized spacial score (nSPS) is 18.0. The Balaban J connectivity index is 1.33. The van der Waals surface area contributed by atoms with Crippen molar-refractivity contribution in [2.75, 3.05) is 15.5 Å². The summed E-state index contributed by atoms with van der Waals surface area (Å²) in [5.74, 6) is -11.2. The van der Waals surface area contributed by atoms with Crippen LogP contribution in [0.25, 0.3) is 0 Å². The van der Waals surface area contributed by atoms with E-state index in [-0.39, 0.29) is 17.7 Å². The van der Waals surface area contributed by atoms with Crippen molar-refractivity contribution in [1.82, 2.24) is 0 Å². The van der Waals surface area contributed by atoms with E-state index >= 15 is 0 Å². The van der Waals surface area contributed by atoms with E-state index in [1.165, 1.54) is 0 Å². The van der Waals surface area contributed by atoms with Gasteiger partial charge in [0.25, 0.3) is 0 Å². The highest BCUT2D eigenvalue weighted by Crippen LogP contribution is 2.44. The second kappa shape index (κ2) is 12.6. The summed E-state index contributed by atoms with van der Waals surface area (Å²) in [6, 6.07) is 13.3. The highest BCUT2D eigenvalue weighted by Gasteiger charge is 2.43. The minimum atomic E-state index is -5.71. The van der Waals surface area contributed by atoms with Crippen molar-refractivity contribution in [3.05, 3.63) is 102 Å². The van der Waals surface area contributed by atoms with Crippen molar-refractivity contribution in [3.63, 3.8) is 0 Å². The molecule has 0 aromatic heterocycles. The third-order valence-electron chi connectivity index (χ3n) is 6.78. The standard InChI is InChI=1S/C30H22F7N3O2S2/c1-2-19(28(41)39-27-25(33)23(31)22(30(35,36)37)24(32)26(27)34)43-16-9-7-8-15(14-16)38-29(42)40-17-10-3-5-12-20(17)44-21-13-6-4-11-18(21)40/h3-14,17,19-20H,2H2,1H3,(H,38,42)(H,39,41). The summed E-state index contributed by atoms with van der Waals surface area (Å²) in [4.78, 5) is 29.5. The van der Waals surface area contributed by atoms with Crippen LogP contribution in [0.5, 0.6) is 0 Å². The number of halogens is 7. The third-order valence-corrected chi connectivity index (χ3v) is 9.45. The molecule has 2 N–H and O–H groups in total. The number of carbonyl (C=O) groups is 2. The maximum Gasteiger partial charge on any atom is 0.422 e. The molecule has 3 aromatic carbocycles. The molecule has 0 bridgehead atoms. The topological polar surface area (TPSA) is 61.4 Å². The Hall–Kier alpha value is -3.91. The van der Waals surface area contributed by atoms with E-state index in [1.807, 2.05) is 48.6 Å². The van der Waals surface area contributed by atoms with Crippen molar-refractivity contribution in [2.24, 2.45) is 0 Å². The molecule has 44 heavy (non-hydrogen) atoms. The molecule has 3 aromatic rings. The summed E-state index contributed by atoms with van der Waals surface area (Å²) in [6.45, 7) is 1.55. The average Bonchev–Trinajstić information content (AvgIpc) is 2.99. The van der Waals surface area contributed by atoms with Crippen LogP contribution in [-0.4, -0.2) is 28.5 Å². The van der Waals surface area contributed by atoms with Crippen LogP contribution < -0.4 is 15.5 Å². The second-order valence-electron chi connectivity index (χ2n) is 9.65. The lowest BCUT2D eigenvalue weighted by Gasteiger charge is -2.40. The first-order valence-electron chi connectivity index (χ1n) is 13.1. The van der Waals surface area contributed by atoms with Gasteiger partial charge in [-0.15, -0.1) is 23.5 Å². The first-order chi connectivity index (χ1) is 20.9. The van der Waals surface area contributed by atoms with E-state index in [9.17, 15) is 40.3 Å². The zero-order chi connectivity index (χ0) is 31.8. The van der Waals surface area contributed by atoms with Crippen LogP contribution in [0, 0.1) is 23.3 Å². The fourth-order valence-corrected chi connectivity index (χ4v) is 7.01. The van der Waals surface area contributed by atoms with E-state index in [4.69, 9.17) is 0 Å². The number of alkyl halides is 3. The van der Waals surface area contributed by atoms with Crippen LogP contribution in [0.3, 0.4) is 0 Å². The number of hydrogen-bond donors (Lipinski definition) is 2. The molecule has 0 saturated heterocycles. The Morgan fingerprint density at radius 1 is 0.932 bits per heavy atom. The quantitative estimate of drug-likeness (QED) is 0.159. The first-order valence-corrected chi connectivity index (χ1v) is 14.9. The van der Waals surface area contributed by atoms with Crippen LogP contribution in [0.1, 0.15) is 18.9 Å². The fourth-order valence-electron chi connectivity index (χ4n) is 4.74. The van der Waals surface area contributed by atoms with E-state index in [0.29, 0.717) is 10.6 Å². The smallest absolute Gasteiger partial charge is 0.320 e. The Kier molecular flexibility index (Phi) is 9.02. The maximum absolute atomic E-state index is 14.4.